The van der Waals surface area contributed by atoms with Crippen molar-refractivity contribution >= 4 is 24.8 Å². The molecular formula is C17H25Cl2N3. The number of aromatic nitrogens is 2. The van der Waals surface area contributed by atoms with Crippen LogP contribution in [0.2, 0.25) is 0 Å². The minimum absolute atomic E-state index is 0. The predicted molar refractivity (Wildman–Crippen MR) is 97.5 cm³/mol. The van der Waals surface area contributed by atoms with Crippen molar-refractivity contribution in [1.29, 1.82) is 0 Å². The molecule has 0 radical (unpaired) electrons. The maximum Gasteiger partial charge on any atom is 0.0674 e. The van der Waals surface area contributed by atoms with E-state index in [1.165, 1.54) is 34.4 Å². The Hall–Kier alpha value is -1.03. The van der Waals surface area contributed by atoms with Crippen molar-refractivity contribution < 1.29 is 0 Å². The fourth-order valence-corrected chi connectivity index (χ4v) is 3.45. The van der Waals surface area contributed by atoms with Gasteiger partial charge in [-0.05, 0) is 56.8 Å². The molecule has 1 aliphatic rings. The summed E-state index contributed by atoms with van der Waals surface area (Å²) in [6, 6.07) is 7.35. The van der Waals surface area contributed by atoms with Gasteiger partial charge in [0, 0.05) is 24.3 Å². The molecule has 1 aliphatic carbocycles. The number of rotatable bonds is 2. The summed E-state index contributed by atoms with van der Waals surface area (Å²) in [6.07, 6.45) is 3.52. The summed E-state index contributed by atoms with van der Waals surface area (Å²) < 4.78 is 1.99. The topological polar surface area (TPSA) is 29.9 Å². The number of hydrogen-bond donors (Lipinski definition) is 1. The van der Waals surface area contributed by atoms with Gasteiger partial charge in [-0.15, -0.1) is 24.8 Å². The van der Waals surface area contributed by atoms with Crippen molar-refractivity contribution in [2.75, 3.05) is 7.05 Å². The molecule has 1 aromatic heterocycles. The van der Waals surface area contributed by atoms with Crippen molar-refractivity contribution in [3.8, 4) is 11.1 Å². The summed E-state index contributed by atoms with van der Waals surface area (Å²) in [4.78, 5) is 0. The first-order valence-electron chi connectivity index (χ1n) is 7.40. The van der Waals surface area contributed by atoms with E-state index >= 15 is 0 Å². The van der Waals surface area contributed by atoms with Crippen LogP contribution in [0.15, 0.2) is 18.2 Å². The molecule has 3 nitrogen and oxygen atoms in total. The van der Waals surface area contributed by atoms with Crippen molar-refractivity contribution in [1.82, 2.24) is 15.1 Å². The molecule has 0 spiro atoms. The van der Waals surface area contributed by atoms with Gasteiger partial charge >= 0.3 is 0 Å². The Kier molecular flexibility index (Phi) is 6.48. The van der Waals surface area contributed by atoms with Gasteiger partial charge < -0.3 is 5.32 Å². The first kappa shape index (κ1) is 19.0. The van der Waals surface area contributed by atoms with Crippen LogP contribution in [0.1, 0.15) is 28.9 Å². The highest BCUT2D eigenvalue weighted by atomic mass is 35.5. The lowest BCUT2D eigenvalue weighted by Crippen LogP contribution is -2.31. The average Bonchev–Trinajstić information content (AvgIpc) is 2.71. The molecule has 2 aromatic rings. The first-order valence-corrected chi connectivity index (χ1v) is 7.40. The molecule has 1 aromatic carbocycles. The molecule has 0 bridgehead atoms. The highest BCUT2D eigenvalue weighted by Crippen LogP contribution is 2.34. The Bertz CT molecular complexity index is 650. The first-order chi connectivity index (χ1) is 9.61. The van der Waals surface area contributed by atoms with E-state index in [9.17, 15) is 0 Å². The molecule has 1 unspecified atom stereocenters. The third-order valence-electron chi connectivity index (χ3n) is 4.67. The van der Waals surface area contributed by atoms with Crippen LogP contribution in [0, 0.1) is 13.8 Å². The van der Waals surface area contributed by atoms with Crippen LogP contribution < -0.4 is 5.32 Å². The van der Waals surface area contributed by atoms with Crippen LogP contribution in [-0.4, -0.2) is 22.9 Å². The lowest BCUT2D eigenvalue weighted by atomic mass is 9.83. The second kappa shape index (κ2) is 7.49. The molecule has 22 heavy (non-hydrogen) atoms. The molecule has 1 N–H and O–H groups in total. The zero-order chi connectivity index (χ0) is 14.3. The van der Waals surface area contributed by atoms with Gasteiger partial charge in [-0.2, -0.15) is 5.10 Å². The third kappa shape index (κ3) is 3.17. The summed E-state index contributed by atoms with van der Waals surface area (Å²) in [6.45, 7) is 4.27. The maximum atomic E-state index is 4.57. The molecule has 0 saturated carbocycles. The van der Waals surface area contributed by atoms with Gasteiger partial charge in [-0.3, -0.25) is 4.68 Å². The van der Waals surface area contributed by atoms with Gasteiger partial charge in [0.25, 0.3) is 0 Å². The van der Waals surface area contributed by atoms with Crippen LogP contribution in [-0.2, 0) is 19.9 Å². The zero-order valence-corrected chi connectivity index (χ0v) is 15.3. The zero-order valence-electron chi connectivity index (χ0n) is 13.6. The number of hydrogen-bond acceptors (Lipinski definition) is 2. The van der Waals surface area contributed by atoms with E-state index in [1.807, 2.05) is 11.7 Å². The van der Waals surface area contributed by atoms with E-state index in [4.69, 9.17) is 0 Å². The number of nitrogens with one attached hydrogen (secondary N) is 1. The Morgan fingerprint density at radius 2 is 1.95 bits per heavy atom. The van der Waals surface area contributed by atoms with E-state index in [-0.39, 0.29) is 24.8 Å². The quantitative estimate of drug-likeness (QED) is 0.903. The molecule has 1 atom stereocenters. The number of nitrogens with zero attached hydrogens (tertiary/aromatic N) is 2. The van der Waals surface area contributed by atoms with Crippen LogP contribution >= 0.6 is 24.8 Å². The maximum absolute atomic E-state index is 4.57. The number of aryl methyl sites for hydroxylation is 2. The van der Waals surface area contributed by atoms with Crippen LogP contribution in [0.5, 0.6) is 0 Å². The molecule has 0 amide bonds. The van der Waals surface area contributed by atoms with E-state index in [2.05, 4.69) is 49.5 Å². The van der Waals surface area contributed by atoms with Gasteiger partial charge in [-0.25, -0.2) is 0 Å². The molecule has 0 saturated heterocycles. The van der Waals surface area contributed by atoms with Gasteiger partial charge in [0.2, 0.25) is 0 Å². The van der Waals surface area contributed by atoms with E-state index in [1.54, 1.807) is 0 Å². The van der Waals surface area contributed by atoms with Crippen molar-refractivity contribution in [3.05, 3.63) is 40.7 Å². The molecule has 3 rings (SSSR count). The lowest BCUT2D eigenvalue weighted by Gasteiger charge is -2.26. The van der Waals surface area contributed by atoms with Crippen molar-refractivity contribution in [3.63, 3.8) is 0 Å². The Morgan fingerprint density at radius 1 is 1.23 bits per heavy atom. The largest absolute Gasteiger partial charge is 0.317 e. The monoisotopic (exact) mass is 341 g/mol. The summed E-state index contributed by atoms with van der Waals surface area (Å²) in [7, 11) is 4.09. The Labute approximate surface area is 145 Å². The van der Waals surface area contributed by atoms with E-state index in [0.29, 0.717) is 6.04 Å². The van der Waals surface area contributed by atoms with Crippen molar-refractivity contribution in [2.45, 2.75) is 39.2 Å². The highest BCUT2D eigenvalue weighted by Gasteiger charge is 2.22. The van der Waals surface area contributed by atoms with E-state index in [0.717, 1.165) is 18.5 Å². The Balaban J connectivity index is 0.00000121. The van der Waals surface area contributed by atoms with Gasteiger partial charge in [0.05, 0.1) is 5.69 Å². The van der Waals surface area contributed by atoms with Gasteiger partial charge in [0.15, 0.2) is 0 Å². The van der Waals surface area contributed by atoms with Gasteiger partial charge in [-0.1, -0.05) is 18.2 Å². The summed E-state index contributed by atoms with van der Waals surface area (Å²) >= 11 is 0. The number of benzene rings is 1. The highest BCUT2D eigenvalue weighted by molar-refractivity contribution is 5.85. The normalized spacial score (nSPS) is 16.5. The molecule has 1 heterocycles. The SMILES string of the molecule is CNC1CCc2c(cccc2-c2c(C)nn(C)c2C)C1.Cl.Cl. The van der Waals surface area contributed by atoms with Crippen LogP contribution in [0.25, 0.3) is 11.1 Å². The average molecular weight is 342 g/mol. The number of halogens is 2. The van der Waals surface area contributed by atoms with E-state index < -0.39 is 0 Å². The predicted octanol–water partition coefficient (Wildman–Crippen LogP) is 3.62. The molecule has 0 fully saturated rings. The molecular weight excluding hydrogens is 317 g/mol. The minimum atomic E-state index is 0. The standard InChI is InChI=1S/C17H23N3.2ClH/c1-11-17(12(2)20(4)19-11)16-7-5-6-13-10-14(18-3)8-9-15(13)16;;/h5-7,14,18H,8-10H2,1-4H3;2*1H. The second-order valence-electron chi connectivity index (χ2n) is 5.84. The van der Waals surface area contributed by atoms with Crippen LogP contribution in [0.4, 0.5) is 0 Å². The van der Waals surface area contributed by atoms with Crippen LogP contribution in [0.3, 0.4) is 0 Å². The molecule has 5 heteroatoms. The smallest absolute Gasteiger partial charge is 0.0674 e. The lowest BCUT2D eigenvalue weighted by molar-refractivity contribution is 0.497. The fourth-order valence-electron chi connectivity index (χ4n) is 3.45. The fraction of sp³-hybridized carbons (Fsp3) is 0.471. The molecule has 0 aliphatic heterocycles. The number of likely N-dealkylation sites (N-methyl/N-ethyl adjacent to an activating group) is 1. The summed E-state index contributed by atoms with van der Waals surface area (Å²) in [5.41, 5.74) is 8.13. The summed E-state index contributed by atoms with van der Waals surface area (Å²) in [5.74, 6) is 0. The summed E-state index contributed by atoms with van der Waals surface area (Å²) in [5, 5.41) is 7.99. The Morgan fingerprint density at radius 3 is 2.55 bits per heavy atom. The second-order valence-corrected chi connectivity index (χ2v) is 5.84. The van der Waals surface area contributed by atoms with Crippen molar-refractivity contribution in [2.24, 2.45) is 7.05 Å². The van der Waals surface area contributed by atoms with Gasteiger partial charge in [0.1, 0.15) is 0 Å². The molecule has 122 valence electrons. The minimum Gasteiger partial charge on any atom is -0.317 e. The third-order valence-corrected chi connectivity index (χ3v) is 4.67. The number of fused-ring (bicyclic) bond motifs is 1.